The summed E-state index contributed by atoms with van der Waals surface area (Å²) in [6.07, 6.45) is 4.61. The van der Waals surface area contributed by atoms with Gasteiger partial charge in [-0.15, -0.1) is 11.3 Å². The number of amides is 1. The molecule has 0 saturated heterocycles. The highest BCUT2D eigenvalue weighted by Gasteiger charge is 2.22. The topological polar surface area (TPSA) is 96.6 Å². The Hall–Kier alpha value is -3.26. The van der Waals surface area contributed by atoms with E-state index in [1.54, 1.807) is 24.5 Å². The van der Waals surface area contributed by atoms with Gasteiger partial charge in [-0.25, -0.2) is 10.2 Å². The van der Waals surface area contributed by atoms with E-state index in [1.807, 2.05) is 38.3 Å². The first-order chi connectivity index (χ1) is 13.3. The van der Waals surface area contributed by atoms with Crippen LogP contribution in [0.5, 0.6) is 0 Å². The third-order valence-electron chi connectivity index (χ3n) is 4.55. The summed E-state index contributed by atoms with van der Waals surface area (Å²) in [6, 6.07) is 5.24. The van der Waals surface area contributed by atoms with Crippen molar-refractivity contribution in [2.75, 3.05) is 0 Å². The third kappa shape index (κ3) is 3.59. The SMILES string of the molecule is Cc1sc(-n2c(C)cc(C=NNC(=O)c3cccnc3)c2C)c(C(=O)O)c1C. The quantitative estimate of drug-likeness (QED) is 0.508. The molecule has 0 aliphatic heterocycles. The zero-order valence-electron chi connectivity index (χ0n) is 16.0. The molecule has 0 fully saturated rings. The Balaban J connectivity index is 1.90. The lowest BCUT2D eigenvalue weighted by atomic mass is 10.1. The van der Waals surface area contributed by atoms with Gasteiger partial charge in [0.2, 0.25) is 0 Å². The van der Waals surface area contributed by atoms with Gasteiger partial charge in [0.15, 0.2) is 0 Å². The molecular formula is C20H20N4O3S. The molecule has 144 valence electrons. The van der Waals surface area contributed by atoms with Crippen LogP contribution in [0.1, 0.15) is 48.1 Å². The molecule has 0 unspecified atom stereocenters. The van der Waals surface area contributed by atoms with Gasteiger partial charge in [0.25, 0.3) is 5.91 Å². The molecule has 0 spiro atoms. The second-order valence-corrected chi connectivity index (χ2v) is 7.57. The van der Waals surface area contributed by atoms with Gasteiger partial charge in [-0.1, -0.05) is 0 Å². The molecule has 1 amide bonds. The normalized spacial score (nSPS) is 11.1. The van der Waals surface area contributed by atoms with Crippen LogP contribution < -0.4 is 5.43 Å². The number of rotatable bonds is 5. The fourth-order valence-corrected chi connectivity index (χ4v) is 4.23. The molecule has 8 heteroatoms. The van der Waals surface area contributed by atoms with Crippen molar-refractivity contribution in [3.63, 3.8) is 0 Å². The minimum absolute atomic E-state index is 0.317. The van der Waals surface area contributed by atoms with E-state index in [9.17, 15) is 14.7 Å². The Kier molecular flexibility index (Phi) is 5.41. The van der Waals surface area contributed by atoms with Crippen molar-refractivity contribution >= 4 is 29.4 Å². The number of thiophene rings is 1. The number of aryl methyl sites for hydroxylation is 2. The van der Waals surface area contributed by atoms with Gasteiger partial charge in [-0.05, 0) is 51.5 Å². The number of hydrazone groups is 1. The van der Waals surface area contributed by atoms with E-state index in [1.165, 1.54) is 17.5 Å². The van der Waals surface area contributed by atoms with Crippen LogP contribution in [0.4, 0.5) is 0 Å². The number of aromatic carboxylic acids is 1. The zero-order valence-corrected chi connectivity index (χ0v) is 16.8. The van der Waals surface area contributed by atoms with Crippen LogP contribution in [0.15, 0.2) is 35.7 Å². The highest BCUT2D eigenvalue weighted by atomic mass is 32.1. The molecule has 3 heterocycles. The minimum Gasteiger partial charge on any atom is -0.478 e. The van der Waals surface area contributed by atoms with E-state index >= 15 is 0 Å². The molecule has 0 aliphatic carbocycles. The molecule has 0 bridgehead atoms. The lowest BCUT2D eigenvalue weighted by Gasteiger charge is -2.09. The van der Waals surface area contributed by atoms with Crippen molar-refractivity contribution in [3.05, 3.63) is 69.1 Å². The Bertz CT molecular complexity index is 1080. The minimum atomic E-state index is -0.941. The molecule has 7 nitrogen and oxygen atoms in total. The third-order valence-corrected chi connectivity index (χ3v) is 5.74. The largest absolute Gasteiger partial charge is 0.478 e. The van der Waals surface area contributed by atoms with Crippen molar-refractivity contribution in [3.8, 4) is 5.00 Å². The van der Waals surface area contributed by atoms with E-state index in [4.69, 9.17) is 0 Å². The first-order valence-electron chi connectivity index (χ1n) is 8.57. The number of aromatic nitrogens is 2. The van der Waals surface area contributed by atoms with E-state index in [0.29, 0.717) is 16.1 Å². The van der Waals surface area contributed by atoms with Crippen LogP contribution >= 0.6 is 11.3 Å². The van der Waals surface area contributed by atoms with Crippen molar-refractivity contribution in [1.82, 2.24) is 15.0 Å². The van der Waals surface area contributed by atoms with Crippen LogP contribution in [0.25, 0.3) is 5.00 Å². The summed E-state index contributed by atoms with van der Waals surface area (Å²) in [4.78, 5) is 28.7. The van der Waals surface area contributed by atoms with E-state index in [-0.39, 0.29) is 5.91 Å². The standard InChI is InChI=1S/C20H20N4O3S/c1-11-8-16(10-22-23-18(25)15-6-5-7-21-9-15)13(3)24(11)19-17(20(26)27)12(2)14(4)28-19/h5-10H,1-4H3,(H,23,25)(H,26,27). The number of hydrogen-bond acceptors (Lipinski definition) is 5. The number of carbonyl (C=O) groups is 2. The van der Waals surface area contributed by atoms with Crippen molar-refractivity contribution in [1.29, 1.82) is 0 Å². The summed E-state index contributed by atoms with van der Waals surface area (Å²) in [5.74, 6) is -1.29. The lowest BCUT2D eigenvalue weighted by molar-refractivity contribution is 0.0696. The monoisotopic (exact) mass is 396 g/mol. The summed E-state index contributed by atoms with van der Waals surface area (Å²) < 4.78 is 1.92. The molecule has 0 radical (unpaired) electrons. The van der Waals surface area contributed by atoms with E-state index in [2.05, 4.69) is 15.5 Å². The van der Waals surface area contributed by atoms with Gasteiger partial charge in [0, 0.05) is 34.2 Å². The molecule has 3 aromatic heterocycles. The second-order valence-electron chi connectivity index (χ2n) is 6.37. The van der Waals surface area contributed by atoms with E-state index in [0.717, 1.165) is 27.4 Å². The highest BCUT2D eigenvalue weighted by Crippen LogP contribution is 2.33. The number of carboxylic acid groups (broad SMARTS) is 1. The Labute approximate surface area is 166 Å². The van der Waals surface area contributed by atoms with Crippen LogP contribution in [-0.4, -0.2) is 32.7 Å². The number of carbonyl (C=O) groups excluding carboxylic acids is 1. The summed E-state index contributed by atoms with van der Waals surface area (Å²) >= 11 is 1.45. The fourth-order valence-electron chi connectivity index (χ4n) is 2.97. The maximum absolute atomic E-state index is 12.0. The van der Waals surface area contributed by atoms with Gasteiger partial charge in [-0.2, -0.15) is 5.10 Å². The number of nitrogens with zero attached hydrogens (tertiary/aromatic N) is 3. The molecule has 28 heavy (non-hydrogen) atoms. The van der Waals surface area contributed by atoms with Gasteiger partial charge in [0.1, 0.15) is 5.00 Å². The fraction of sp³-hybridized carbons (Fsp3) is 0.200. The van der Waals surface area contributed by atoms with Crippen molar-refractivity contribution < 1.29 is 14.7 Å². The van der Waals surface area contributed by atoms with Crippen molar-refractivity contribution in [2.45, 2.75) is 27.7 Å². The summed E-state index contributed by atoms with van der Waals surface area (Å²) in [6.45, 7) is 7.55. The predicted octanol–water partition coefficient (Wildman–Crippen LogP) is 3.63. The van der Waals surface area contributed by atoms with Crippen LogP contribution in [0, 0.1) is 27.7 Å². The van der Waals surface area contributed by atoms with Crippen LogP contribution in [0.2, 0.25) is 0 Å². The van der Waals surface area contributed by atoms with E-state index < -0.39 is 5.97 Å². The van der Waals surface area contributed by atoms with Crippen LogP contribution in [-0.2, 0) is 0 Å². The highest BCUT2D eigenvalue weighted by molar-refractivity contribution is 7.15. The Morgan fingerprint density at radius 3 is 2.68 bits per heavy atom. The zero-order chi connectivity index (χ0) is 20.4. The second kappa shape index (κ2) is 7.77. The molecule has 3 rings (SSSR count). The number of nitrogens with one attached hydrogen (secondary N) is 1. The first-order valence-corrected chi connectivity index (χ1v) is 9.39. The molecule has 0 aliphatic rings. The predicted molar refractivity (Wildman–Crippen MR) is 109 cm³/mol. The van der Waals surface area contributed by atoms with Gasteiger partial charge in [-0.3, -0.25) is 9.78 Å². The summed E-state index contributed by atoms with van der Waals surface area (Å²) in [7, 11) is 0. The van der Waals surface area contributed by atoms with Gasteiger partial charge in [0.05, 0.1) is 17.3 Å². The maximum Gasteiger partial charge on any atom is 0.339 e. The number of pyridine rings is 1. The smallest absolute Gasteiger partial charge is 0.339 e. The Morgan fingerprint density at radius 2 is 2.04 bits per heavy atom. The Morgan fingerprint density at radius 1 is 1.29 bits per heavy atom. The van der Waals surface area contributed by atoms with Gasteiger partial charge < -0.3 is 9.67 Å². The van der Waals surface area contributed by atoms with Gasteiger partial charge >= 0.3 is 5.97 Å². The lowest BCUT2D eigenvalue weighted by Crippen LogP contribution is -2.17. The molecule has 0 atom stereocenters. The maximum atomic E-state index is 12.0. The molecular weight excluding hydrogens is 376 g/mol. The number of carboxylic acids is 1. The van der Waals surface area contributed by atoms with Crippen molar-refractivity contribution in [2.24, 2.45) is 5.10 Å². The molecule has 3 aromatic rings. The molecule has 0 saturated carbocycles. The van der Waals surface area contributed by atoms with Crippen LogP contribution in [0.3, 0.4) is 0 Å². The summed E-state index contributed by atoms with van der Waals surface area (Å²) in [5, 5.41) is 14.3. The average Bonchev–Trinajstić information content (AvgIpc) is 3.11. The average molecular weight is 396 g/mol. The first kappa shape index (κ1) is 19.5. The number of hydrogen-bond donors (Lipinski definition) is 2. The summed E-state index contributed by atoms with van der Waals surface area (Å²) in [5.41, 5.74) is 6.52. The molecule has 0 aromatic carbocycles. The molecule has 2 N–H and O–H groups in total.